The maximum atomic E-state index is 10.2. The van der Waals surface area contributed by atoms with Crippen LogP contribution in [0.15, 0.2) is 18.2 Å². The molecule has 0 saturated carbocycles. The van der Waals surface area contributed by atoms with Crippen LogP contribution in [0.5, 0.6) is 5.75 Å². The van der Waals surface area contributed by atoms with Crippen molar-refractivity contribution in [2.75, 3.05) is 6.61 Å². The summed E-state index contributed by atoms with van der Waals surface area (Å²) in [6.07, 6.45) is 0. The number of aliphatic carboxylic acids is 1. The first-order chi connectivity index (χ1) is 6.09. The van der Waals surface area contributed by atoms with E-state index in [1.54, 1.807) is 18.2 Å². The monoisotopic (exact) mass is 312 g/mol. The largest absolute Gasteiger partial charge is 0.482 e. The van der Waals surface area contributed by atoms with Crippen LogP contribution in [0.4, 0.5) is 0 Å². The van der Waals surface area contributed by atoms with Crippen molar-refractivity contribution in [2.45, 2.75) is 0 Å². The third-order valence-electron chi connectivity index (χ3n) is 1.25. The highest BCUT2D eigenvalue weighted by Gasteiger charge is 2.01. The van der Waals surface area contributed by atoms with Crippen LogP contribution in [0.2, 0.25) is 5.02 Å². The standard InChI is InChI=1S/C8H6ClIO3/c9-6-2-1-5(3-7(6)10)13-4-8(11)12/h1-3H,4H2,(H,11,12). The van der Waals surface area contributed by atoms with E-state index in [2.05, 4.69) is 0 Å². The van der Waals surface area contributed by atoms with E-state index in [0.29, 0.717) is 10.8 Å². The van der Waals surface area contributed by atoms with Gasteiger partial charge in [0.1, 0.15) is 5.75 Å². The molecule has 3 nitrogen and oxygen atoms in total. The van der Waals surface area contributed by atoms with Gasteiger partial charge in [-0.15, -0.1) is 0 Å². The van der Waals surface area contributed by atoms with Crippen molar-refractivity contribution in [3.8, 4) is 5.75 Å². The van der Waals surface area contributed by atoms with Crippen LogP contribution in [-0.4, -0.2) is 17.7 Å². The van der Waals surface area contributed by atoms with E-state index in [1.165, 1.54) is 0 Å². The van der Waals surface area contributed by atoms with Crippen molar-refractivity contribution in [3.63, 3.8) is 0 Å². The molecule has 1 N–H and O–H groups in total. The smallest absolute Gasteiger partial charge is 0.341 e. The minimum absolute atomic E-state index is 0.336. The molecule has 0 heterocycles. The predicted octanol–water partition coefficient (Wildman–Crippen LogP) is 2.41. The van der Waals surface area contributed by atoms with Crippen LogP contribution in [0.1, 0.15) is 0 Å². The lowest BCUT2D eigenvalue weighted by molar-refractivity contribution is -0.139. The van der Waals surface area contributed by atoms with E-state index in [9.17, 15) is 4.79 Å². The molecule has 0 saturated heterocycles. The number of carbonyl (C=O) groups is 1. The summed E-state index contributed by atoms with van der Waals surface area (Å²) < 4.78 is 5.78. The second-order valence-corrected chi connectivity index (χ2v) is 3.83. The molecule has 0 atom stereocenters. The van der Waals surface area contributed by atoms with Gasteiger partial charge in [0.15, 0.2) is 6.61 Å². The van der Waals surface area contributed by atoms with Crippen LogP contribution >= 0.6 is 34.2 Å². The molecule has 5 heteroatoms. The Balaban J connectivity index is 2.68. The first-order valence-corrected chi connectivity index (χ1v) is 4.85. The molecule has 0 aromatic heterocycles. The van der Waals surface area contributed by atoms with Gasteiger partial charge in [-0.05, 0) is 40.8 Å². The summed E-state index contributed by atoms with van der Waals surface area (Å²) in [6.45, 7) is -0.336. The SMILES string of the molecule is O=C(O)COc1ccc(Cl)c(I)c1. The number of carboxylic acid groups (broad SMARTS) is 1. The number of hydrogen-bond donors (Lipinski definition) is 1. The van der Waals surface area contributed by atoms with E-state index < -0.39 is 5.97 Å². The molecule has 13 heavy (non-hydrogen) atoms. The van der Waals surface area contributed by atoms with Gasteiger partial charge in [0.2, 0.25) is 0 Å². The normalized spacial score (nSPS) is 9.69. The van der Waals surface area contributed by atoms with Crippen LogP contribution in [0.3, 0.4) is 0 Å². The van der Waals surface area contributed by atoms with Crippen molar-refractivity contribution in [3.05, 3.63) is 26.8 Å². The first kappa shape index (κ1) is 10.6. The zero-order chi connectivity index (χ0) is 9.84. The molecule has 0 spiro atoms. The molecule has 1 aromatic carbocycles. The molecule has 0 bridgehead atoms. The van der Waals surface area contributed by atoms with Gasteiger partial charge >= 0.3 is 5.97 Å². The minimum Gasteiger partial charge on any atom is -0.482 e. The maximum Gasteiger partial charge on any atom is 0.341 e. The van der Waals surface area contributed by atoms with Crippen LogP contribution in [0, 0.1) is 3.57 Å². The van der Waals surface area contributed by atoms with Gasteiger partial charge in [0.05, 0.1) is 5.02 Å². The Hall–Kier alpha value is -0.490. The van der Waals surface area contributed by atoms with Gasteiger partial charge in [0.25, 0.3) is 0 Å². The Morgan fingerprint density at radius 2 is 2.31 bits per heavy atom. The van der Waals surface area contributed by atoms with Gasteiger partial charge in [-0.3, -0.25) is 0 Å². The summed E-state index contributed by atoms with van der Waals surface area (Å²) in [7, 11) is 0. The molecule has 1 rings (SSSR count). The fraction of sp³-hybridized carbons (Fsp3) is 0.125. The van der Waals surface area contributed by atoms with E-state index in [-0.39, 0.29) is 6.61 Å². The van der Waals surface area contributed by atoms with Crippen molar-refractivity contribution < 1.29 is 14.6 Å². The zero-order valence-electron chi connectivity index (χ0n) is 6.46. The Morgan fingerprint density at radius 3 is 2.85 bits per heavy atom. The van der Waals surface area contributed by atoms with Crippen molar-refractivity contribution in [2.24, 2.45) is 0 Å². The van der Waals surface area contributed by atoms with E-state index in [4.69, 9.17) is 21.4 Å². The van der Waals surface area contributed by atoms with E-state index in [1.807, 2.05) is 22.6 Å². The number of hydrogen-bond acceptors (Lipinski definition) is 2. The van der Waals surface area contributed by atoms with Crippen LogP contribution in [0.25, 0.3) is 0 Å². The summed E-state index contributed by atoms with van der Waals surface area (Å²) in [4.78, 5) is 10.2. The first-order valence-electron chi connectivity index (χ1n) is 3.39. The minimum atomic E-state index is -0.995. The average molecular weight is 312 g/mol. The summed E-state index contributed by atoms with van der Waals surface area (Å²) in [5.41, 5.74) is 0. The van der Waals surface area contributed by atoms with Gasteiger partial charge in [-0.25, -0.2) is 4.79 Å². The Kier molecular flexibility index (Phi) is 3.80. The molecule has 1 aromatic rings. The van der Waals surface area contributed by atoms with E-state index in [0.717, 1.165) is 3.57 Å². The average Bonchev–Trinajstić information content (AvgIpc) is 2.07. The third kappa shape index (κ3) is 3.40. The molecular formula is C8H6ClIO3. The summed E-state index contributed by atoms with van der Waals surface area (Å²) in [6, 6.07) is 4.99. The second-order valence-electron chi connectivity index (χ2n) is 2.26. The summed E-state index contributed by atoms with van der Waals surface area (Å²) in [5, 5.41) is 8.97. The van der Waals surface area contributed by atoms with Gasteiger partial charge in [0, 0.05) is 3.57 Å². The van der Waals surface area contributed by atoms with Crippen LogP contribution < -0.4 is 4.74 Å². The maximum absolute atomic E-state index is 10.2. The number of benzene rings is 1. The van der Waals surface area contributed by atoms with Crippen molar-refractivity contribution >= 4 is 40.2 Å². The molecule has 0 aliphatic carbocycles. The van der Waals surface area contributed by atoms with Gasteiger partial charge in [-0.1, -0.05) is 11.6 Å². The Morgan fingerprint density at radius 1 is 1.62 bits per heavy atom. The topological polar surface area (TPSA) is 46.5 Å². The molecule has 0 unspecified atom stereocenters. The highest BCUT2D eigenvalue weighted by atomic mass is 127. The summed E-state index contributed by atoms with van der Waals surface area (Å²) in [5.74, 6) is -0.485. The van der Waals surface area contributed by atoms with Crippen LogP contribution in [-0.2, 0) is 4.79 Å². The third-order valence-corrected chi connectivity index (χ3v) is 2.79. The molecular weight excluding hydrogens is 306 g/mol. The quantitative estimate of drug-likeness (QED) is 0.872. The number of rotatable bonds is 3. The van der Waals surface area contributed by atoms with Gasteiger partial charge < -0.3 is 9.84 Å². The van der Waals surface area contributed by atoms with Crippen molar-refractivity contribution in [1.29, 1.82) is 0 Å². The lowest BCUT2D eigenvalue weighted by atomic mass is 10.3. The number of halogens is 2. The predicted molar refractivity (Wildman–Crippen MR) is 57.3 cm³/mol. The Labute approximate surface area is 93.8 Å². The lowest BCUT2D eigenvalue weighted by Crippen LogP contribution is -2.09. The lowest BCUT2D eigenvalue weighted by Gasteiger charge is -2.03. The van der Waals surface area contributed by atoms with Crippen molar-refractivity contribution in [1.82, 2.24) is 0 Å². The number of ether oxygens (including phenoxy) is 1. The summed E-state index contributed by atoms with van der Waals surface area (Å²) >= 11 is 7.81. The number of carboxylic acids is 1. The zero-order valence-corrected chi connectivity index (χ0v) is 9.37. The molecule has 70 valence electrons. The fourth-order valence-electron chi connectivity index (χ4n) is 0.712. The molecule has 0 amide bonds. The molecule has 0 fully saturated rings. The highest BCUT2D eigenvalue weighted by Crippen LogP contribution is 2.23. The van der Waals surface area contributed by atoms with E-state index >= 15 is 0 Å². The van der Waals surface area contributed by atoms with Gasteiger partial charge in [-0.2, -0.15) is 0 Å². The molecule has 0 aliphatic rings. The molecule has 0 radical (unpaired) electrons. The second kappa shape index (κ2) is 4.66. The fourth-order valence-corrected chi connectivity index (χ4v) is 1.32. The Bertz CT molecular complexity index is 327. The highest BCUT2D eigenvalue weighted by molar-refractivity contribution is 14.1. The molecule has 0 aliphatic heterocycles.